The van der Waals surface area contributed by atoms with Gasteiger partial charge in [0.25, 0.3) is 5.91 Å². The Labute approximate surface area is 169 Å². The van der Waals surface area contributed by atoms with Crippen LogP contribution in [0.1, 0.15) is 38.6 Å². The van der Waals surface area contributed by atoms with Crippen LogP contribution in [-0.2, 0) is 0 Å². The molecule has 2 aromatic heterocycles. The predicted octanol–water partition coefficient (Wildman–Crippen LogP) is 4.26. The van der Waals surface area contributed by atoms with E-state index >= 15 is 0 Å². The van der Waals surface area contributed by atoms with Gasteiger partial charge in [-0.05, 0) is 37.6 Å². The number of amides is 1. The first-order valence-electron chi connectivity index (χ1n) is 10.2. The molecule has 2 heterocycles. The zero-order valence-electron chi connectivity index (χ0n) is 18.5. The van der Waals surface area contributed by atoms with Gasteiger partial charge in [-0.1, -0.05) is 6.07 Å². The second-order valence-electron chi connectivity index (χ2n) is 6.83. The average Bonchev–Trinajstić information content (AvgIpc) is 3.05. The third kappa shape index (κ3) is 3.21. The van der Waals surface area contributed by atoms with Gasteiger partial charge in [-0.2, -0.15) is 5.10 Å². The summed E-state index contributed by atoms with van der Waals surface area (Å²) in [5.74, 6) is -3.18. The molecule has 4 rings (SSSR count). The van der Waals surface area contributed by atoms with Gasteiger partial charge in [0.2, 0.25) is 0 Å². The zero-order chi connectivity index (χ0) is 23.4. The summed E-state index contributed by atoms with van der Waals surface area (Å²) in [6.07, 6.45) is 1.06. The van der Waals surface area contributed by atoms with Crippen molar-refractivity contribution in [2.24, 2.45) is 5.73 Å². The molecule has 1 atom stereocenters. The highest BCUT2D eigenvalue weighted by atomic mass is 19.1. The van der Waals surface area contributed by atoms with Crippen molar-refractivity contribution in [3.8, 4) is 0 Å². The molecule has 8 heteroatoms. The number of carbonyl (C=O) groups is 1. The molecule has 0 aliphatic heterocycles. The number of nitrogens with two attached hydrogens (primary N) is 1. The number of carbonyl (C=O) groups excluding carboxylic acids is 1. The molecule has 2 aromatic carbocycles. The molecule has 0 saturated carbocycles. The minimum atomic E-state index is -3.02. The number of aromatic nitrogens is 2. The zero-order valence-corrected chi connectivity index (χ0v) is 15.5. The molecule has 0 bridgehead atoms. The van der Waals surface area contributed by atoms with Crippen LogP contribution in [-0.4, -0.2) is 23.1 Å². The van der Waals surface area contributed by atoms with Crippen LogP contribution in [0.25, 0.3) is 22.1 Å². The molecular weight excluding hydrogens is 378 g/mol. The third-order valence-corrected chi connectivity index (χ3v) is 4.55. The Morgan fingerprint density at radius 2 is 1.93 bits per heavy atom. The molecule has 0 radical (unpaired) electrons. The fraction of sp³-hybridized carbons (Fsp3) is 0.190. The van der Waals surface area contributed by atoms with Crippen molar-refractivity contribution in [2.75, 3.05) is 11.9 Å². The third-order valence-electron chi connectivity index (χ3n) is 4.55. The lowest BCUT2D eigenvalue weighted by Crippen LogP contribution is -2.26. The number of rotatable bonds is 3. The van der Waals surface area contributed by atoms with Gasteiger partial charge in [-0.25, -0.2) is 8.78 Å². The Morgan fingerprint density at radius 3 is 2.59 bits per heavy atom. The van der Waals surface area contributed by atoms with Crippen molar-refractivity contribution < 1.29 is 22.1 Å². The molecule has 148 valence electrons. The first-order chi connectivity index (χ1) is 15.0. The van der Waals surface area contributed by atoms with Gasteiger partial charge >= 0.3 is 0 Å². The summed E-state index contributed by atoms with van der Waals surface area (Å²) in [4.78, 5) is 13.5. The lowest BCUT2D eigenvalue weighted by Gasteiger charge is -2.17. The van der Waals surface area contributed by atoms with E-state index in [0.717, 1.165) is 23.9 Å². The van der Waals surface area contributed by atoms with E-state index in [4.69, 9.17) is 14.3 Å². The van der Waals surface area contributed by atoms with Crippen LogP contribution in [0.15, 0.2) is 40.9 Å². The van der Waals surface area contributed by atoms with Crippen molar-refractivity contribution in [1.82, 2.24) is 10.2 Å². The first kappa shape index (κ1) is 15.5. The van der Waals surface area contributed by atoms with Crippen LogP contribution < -0.4 is 10.6 Å². The van der Waals surface area contributed by atoms with E-state index < -0.39 is 36.1 Å². The lowest BCUT2D eigenvalue weighted by molar-refractivity contribution is 0.0992. The van der Waals surface area contributed by atoms with E-state index in [-0.39, 0.29) is 16.8 Å². The number of hydrogen-bond acceptors (Lipinski definition) is 5. The van der Waals surface area contributed by atoms with Gasteiger partial charge in [0.05, 0.1) is 6.20 Å². The highest BCUT2D eigenvalue weighted by Gasteiger charge is 2.23. The maximum Gasteiger partial charge on any atom is 0.258 e. The fourth-order valence-electron chi connectivity index (χ4n) is 3.25. The number of furan rings is 1. The van der Waals surface area contributed by atoms with Crippen LogP contribution in [0, 0.1) is 18.6 Å². The molecule has 6 nitrogen and oxygen atoms in total. The van der Waals surface area contributed by atoms with Gasteiger partial charge in [-0.15, -0.1) is 5.10 Å². The topological polar surface area (TPSA) is 85.2 Å². The van der Waals surface area contributed by atoms with Crippen molar-refractivity contribution in [3.05, 3.63) is 64.9 Å². The van der Waals surface area contributed by atoms with Gasteiger partial charge < -0.3 is 15.1 Å². The van der Waals surface area contributed by atoms with Crippen LogP contribution in [0.4, 0.5) is 14.5 Å². The molecule has 0 aliphatic rings. The summed E-state index contributed by atoms with van der Waals surface area (Å²) in [6.45, 7) is 0.609. The average molecular weight is 399 g/mol. The van der Waals surface area contributed by atoms with E-state index in [1.807, 2.05) is 13.0 Å². The van der Waals surface area contributed by atoms with Gasteiger partial charge in [0.1, 0.15) is 28.4 Å². The summed E-state index contributed by atoms with van der Waals surface area (Å²) in [6, 6.07) is 5.32. The normalized spacial score (nSPS) is 14.4. The second kappa shape index (κ2) is 6.89. The van der Waals surface area contributed by atoms with Gasteiger partial charge in [0, 0.05) is 39.7 Å². The predicted molar refractivity (Wildman–Crippen MR) is 106 cm³/mol. The Morgan fingerprint density at radius 1 is 1.21 bits per heavy atom. The summed E-state index contributed by atoms with van der Waals surface area (Å²) < 4.78 is 57.1. The summed E-state index contributed by atoms with van der Waals surface area (Å²) in [7, 11) is 0. The van der Waals surface area contributed by atoms with Crippen LogP contribution >= 0.6 is 0 Å². The van der Waals surface area contributed by atoms with E-state index in [9.17, 15) is 13.6 Å². The summed E-state index contributed by atoms with van der Waals surface area (Å²) >= 11 is 0. The minimum Gasteiger partial charge on any atom is -0.452 e. The number of benzene rings is 2. The summed E-state index contributed by atoms with van der Waals surface area (Å²) in [5, 5.41) is 8.47. The molecule has 0 saturated heterocycles. The smallest absolute Gasteiger partial charge is 0.258 e. The van der Waals surface area contributed by atoms with E-state index in [1.165, 1.54) is 0 Å². The van der Waals surface area contributed by atoms with Gasteiger partial charge in [-0.3, -0.25) is 4.79 Å². The molecule has 0 spiro atoms. The molecular formula is C21H18F2N4O2. The lowest BCUT2D eigenvalue weighted by atomic mass is 10.0. The number of nitrogens with zero attached hydrogens (tertiary/aromatic N) is 3. The van der Waals surface area contributed by atoms with Crippen molar-refractivity contribution >= 4 is 33.7 Å². The Hall–Kier alpha value is -3.39. The highest BCUT2D eigenvalue weighted by molar-refractivity contribution is 6.13. The second-order valence-corrected chi connectivity index (χ2v) is 6.83. The van der Waals surface area contributed by atoms with E-state index in [1.54, 1.807) is 13.0 Å². The fourth-order valence-corrected chi connectivity index (χ4v) is 3.25. The van der Waals surface area contributed by atoms with Crippen LogP contribution in [0.5, 0.6) is 0 Å². The first-order valence-corrected chi connectivity index (χ1v) is 8.72. The van der Waals surface area contributed by atoms with Crippen molar-refractivity contribution in [3.63, 3.8) is 0 Å². The largest absolute Gasteiger partial charge is 0.452 e. The quantitative estimate of drug-likeness (QED) is 0.556. The highest BCUT2D eigenvalue weighted by Crippen LogP contribution is 2.36. The molecule has 0 aliphatic carbocycles. The number of anilines is 1. The molecule has 0 fully saturated rings. The van der Waals surface area contributed by atoms with Crippen molar-refractivity contribution in [2.45, 2.75) is 19.9 Å². The number of halogens is 2. The molecule has 4 aromatic rings. The molecule has 29 heavy (non-hydrogen) atoms. The van der Waals surface area contributed by atoms with Crippen molar-refractivity contribution in [1.29, 1.82) is 0 Å². The molecule has 1 amide bonds. The van der Waals surface area contributed by atoms with E-state index in [0.29, 0.717) is 27.5 Å². The Kier molecular flexibility index (Phi) is 3.69. The standard InChI is InChI=1S/C21H18F2N4O2/c1-10-4-15(11(2)24)19-16(5-10)18-20(29-19)17(9-25-26-18)27(3)21(28)12-6-13(22)8-14(23)7-12/h4-9,11H,24H2,1-3H3/t11-/m1/s1/i3D3. The van der Waals surface area contributed by atoms with Gasteiger partial charge in [0.15, 0.2) is 5.58 Å². The summed E-state index contributed by atoms with van der Waals surface area (Å²) in [5.41, 5.74) is 7.53. The Balaban J connectivity index is 2.00. The van der Waals surface area contributed by atoms with Crippen LogP contribution in [0.2, 0.25) is 0 Å². The maximum atomic E-state index is 13.7. The SMILES string of the molecule is [2H]C([2H])([2H])N(C(=O)c1cc(F)cc(F)c1)c1cnnc2c1oc1c([C@@H](C)N)cc(C)cc12. The monoisotopic (exact) mass is 399 g/mol. The number of aryl methyl sites for hydroxylation is 1. The molecule has 2 N–H and O–H groups in total. The maximum absolute atomic E-state index is 13.7. The minimum absolute atomic E-state index is 0.0103. The number of hydrogen-bond donors (Lipinski definition) is 1. The molecule has 0 unspecified atom stereocenters. The number of fused-ring (bicyclic) bond motifs is 3. The Bertz CT molecular complexity index is 1350. The van der Waals surface area contributed by atoms with E-state index in [2.05, 4.69) is 10.2 Å². The van der Waals surface area contributed by atoms with Crippen LogP contribution in [0.3, 0.4) is 0 Å².